The minimum Gasteiger partial charge on any atom is -0.388 e. The number of aryl methyl sites for hydroxylation is 1. The highest BCUT2D eigenvalue weighted by Crippen LogP contribution is 2.28. The number of hydrogen-bond acceptors (Lipinski definition) is 7. The molecule has 1 aromatic carbocycles. The summed E-state index contributed by atoms with van der Waals surface area (Å²) in [6.45, 7) is 1.90. The summed E-state index contributed by atoms with van der Waals surface area (Å²) in [5.74, 6) is 0.245. The molecule has 0 aliphatic carbocycles. The van der Waals surface area contributed by atoms with Gasteiger partial charge in [0.2, 0.25) is 5.95 Å². The number of halogens is 2. The minimum absolute atomic E-state index is 0.266. The number of rotatable bonds is 5. The van der Waals surface area contributed by atoms with Crippen molar-refractivity contribution in [2.75, 3.05) is 23.0 Å². The van der Waals surface area contributed by atoms with Gasteiger partial charge in [-0.15, -0.1) is 0 Å². The molecule has 0 bridgehead atoms. The molecule has 6 nitrogen and oxygen atoms in total. The Kier molecular flexibility index (Phi) is 4.77. The molecule has 0 saturated heterocycles. The summed E-state index contributed by atoms with van der Waals surface area (Å²) in [5, 5.41) is 9.99. The zero-order chi connectivity index (χ0) is 17.1. The summed E-state index contributed by atoms with van der Waals surface area (Å²) in [6, 6.07) is 6.52. The molecule has 124 valence electrons. The van der Waals surface area contributed by atoms with Gasteiger partial charge in [0.05, 0.1) is 17.6 Å². The van der Waals surface area contributed by atoms with Crippen molar-refractivity contribution in [3.8, 4) is 0 Å². The predicted molar refractivity (Wildman–Crippen MR) is 96.4 cm³/mol. The molecule has 0 aliphatic heterocycles. The highest BCUT2D eigenvalue weighted by atomic mass is 35.5. The number of nitrogens with zero attached hydrogens (tertiary/aromatic N) is 3. The van der Waals surface area contributed by atoms with Crippen LogP contribution in [-0.4, -0.2) is 21.4 Å². The molecule has 0 aliphatic rings. The van der Waals surface area contributed by atoms with E-state index in [2.05, 4.69) is 30.3 Å². The Morgan fingerprint density at radius 2 is 2.04 bits per heavy atom. The van der Waals surface area contributed by atoms with Crippen LogP contribution in [0.25, 0.3) is 0 Å². The van der Waals surface area contributed by atoms with Gasteiger partial charge in [-0.25, -0.2) is 9.37 Å². The fourth-order valence-electron chi connectivity index (χ4n) is 1.95. The van der Waals surface area contributed by atoms with Gasteiger partial charge in [-0.2, -0.15) is 9.36 Å². The molecular weight excluding hydrogens is 351 g/mol. The number of nitrogens with one attached hydrogen (secondary N) is 3. The number of hydrogen-bond donors (Lipinski definition) is 3. The lowest BCUT2D eigenvalue weighted by Gasteiger charge is -2.11. The Morgan fingerprint density at radius 3 is 2.75 bits per heavy atom. The highest BCUT2D eigenvalue weighted by molar-refractivity contribution is 7.10. The van der Waals surface area contributed by atoms with Crippen molar-refractivity contribution in [3.63, 3.8) is 0 Å². The second-order valence-corrected chi connectivity index (χ2v) is 6.13. The lowest BCUT2D eigenvalue weighted by Crippen LogP contribution is -2.02. The molecule has 0 saturated carbocycles. The van der Waals surface area contributed by atoms with Crippen LogP contribution in [-0.2, 0) is 0 Å². The van der Waals surface area contributed by atoms with Crippen LogP contribution >= 0.6 is 23.1 Å². The minimum atomic E-state index is -0.406. The van der Waals surface area contributed by atoms with Crippen molar-refractivity contribution >= 4 is 51.3 Å². The first-order valence-electron chi connectivity index (χ1n) is 7.02. The summed E-state index contributed by atoms with van der Waals surface area (Å²) in [5.41, 5.74) is 1.94. The van der Waals surface area contributed by atoms with Crippen molar-refractivity contribution in [1.29, 1.82) is 0 Å². The van der Waals surface area contributed by atoms with E-state index < -0.39 is 5.82 Å². The van der Waals surface area contributed by atoms with E-state index in [1.54, 1.807) is 19.2 Å². The average molecular weight is 365 g/mol. The molecular formula is C15H14ClFN6S. The third-order valence-electron chi connectivity index (χ3n) is 3.12. The first-order chi connectivity index (χ1) is 11.5. The molecule has 24 heavy (non-hydrogen) atoms. The van der Waals surface area contributed by atoms with E-state index in [0.717, 1.165) is 16.4 Å². The van der Waals surface area contributed by atoms with Crippen LogP contribution in [0.2, 0.25) is 5.02 Å². The Morgan fingerprint density at radius 1 is 1.21 bits per heavy atom. The maximum absolute atomic E-state index is 14.0. The van der Waals surface area contributed by atoms with Crippen LogP contribution < -0.4 is 16.0 Å². The molecule has 3 rings (SSSR count). The first-order valence-corrected chi connectivity index (χ1v) is 8.17. The molecule has 3 aromatic rings. The van der Waals surface area contributed by atoms with Gasteiger partial charge in [0, 0.05) is 12.7 Å². The topological polar surface area (TPSA) is 74.8 Å². The highest BCUT2D eigenvalue weighted by Gasteiger charge is 2.10. The van der Waals surface area contributed by atoms with Crippen molar-refractivity contribution in [1.82, 2.24) is 14.3 Å². The van der Waals surface area contributed by atoms with E-state index in [4.69, 9.17) is 11.6 Å². The van der Waals surface area contributed by atoms with E-state index in [1.807, 2.05) is 13.0 Å². The molecule has 0 spiro atoms. The number of anilines is 5. The smallest absolute Gasteiger partial charge is 0.229 e. The monoisotopic (exact) mass is 364 g/mol. The molecule has 0 unspecified atom stereocenters. The molecule has 2 aromatic heterocycles. The van der Waals surface area contributed by atoms with Crippen molar-refractivity contribution in [2.24, 2.45) is 0 Å². The van der Waals surface area contributed by atoms with Crippen molar-refractivity contribution < 1.29 is 4.39 Å². The third kappa shape index (κ3) is 3.72. The van der Waals surface area contributed by atoms with E-state index in [-0.39, 0.29) is 10.7 Å². The summed E-state index contributed by atoms with van der Waals surface area (Å²) in [6.07, 6.45) is 1.45. The maximum atomic E-state index is 14.0. The lowest BCUT2D eigenvalue weighted by molar-refractivity contribution is 0.632. The molecule has 0 radical (unpaired) electrons. The number of benzene rings is 1. The molecule has 0 atom stereocenters. The SMILES string of the molecule is CNc1ccc(F)c(Nc2nc(Nc3cc(C)ns3)ncc2Cl)c1. The molecule has 9 heteroatoms. The third-order valence-corrected chi connectivity index (χ3v) is 4.19. The van der Waals surface area contributed by atoms with Gasteiger partial charge in [-0.1, -0.05) is 11.6 Å². The zero-order valence-corrected chi connectivity index (χ0v) is 14.5. The van der Waals surface area contributed by atoms with Crippen LogP contribution in [0.1, 0.15) is 5.69 Å². The molecule has 2 heterocycles. The van der Waals surface area contributed by atoms with Gasteiger partial charge >= 0.3 is 0 Å². The average Bonchev–Trinajstić information content (AvgIpc) is 2.97. The fraction of sp³-hybridized carbons (Fsp3) is 0.133. The second kappa shape index (κ2) is 6.98. The van der Waals surface area contributed by atoms with Crippen molar-refractivity contribution in [3.05, 3.63) is 47.0 Å². The Labute approximate surface area is 147 Å². The molecule has 3 N–H and O–H groups in total. The van der Waals surface area contributed by atoms with Gasteiger partial charge in [0.1, 0.15) is 15.8 Å². The first kappa shape index (κ1) is 16.4. The lowest BCUT2D eigenvalue weighted by atomic mass is 10.2. The van der Waals surface area contributed by atoms with E-state index in [1.165, 1.54) is 23.8 Å². The predicted octanol–water partition coefficient (Wildman–Crippen LogP) is 4.56. The standard InChI is InChI=1S/C15H14ClFN6S/c1-8-5-13(24-23-8)21-15-19-7-10(16)14(22-15)20-12-6-9(18-2)3-4-11(12)17/h3-7,18H,1-2H3,(H2,19,20,21,22). The summed E-state index contributed by atoms with van der Waals surface area (Å²) in [7, 11) is 1.76. The second-order valence-electron chi connectivity index (χ2n) is 4.92. The van der Waals surface area contributed by atoms with Crippen LogP contribution in [0.4, 0.5) is 32.5 Å². The van der Waals surface area contributed by atoms with Gasteiger partial charge < -0.3 is 16.0 Å². The number of aromatic nitrogens is 3. The summed E-state index contributed by atoms with van der Waals surface area (Å²) < 4.78 is 18.2. The van der Waals surface area contributed by atoms with Gasteiger partial charge in [0.25, 0.3) is 0 Å². The van der Waals surface area contributed by atoms with Crippen molar-refractivity contribution in [2.45, 2.75) is 6.92 Å². The summed E-state index contributed by atoms with van der Waals surface area (Å²) in [4.78, 5) is 8.42. The van der Waals surface area contributed by atoms with E-state index in [9.17, 15) is 4.39 Å². The Bertz CT molecular complexity index is 869. The Balaban J connectivity index is 1.86. The Hall–Kier alpha value is -2.45. The zero-order valence-electron chi connectivity index (χ0n) is 12.9. The molecule has 0 amide bonds. The fourth-order valence-corrected chi connectivity index (χ4v) is 2.75. The quantitative estimate of drug-likeness (QED) is 0.616. The van der Waals surface area contributed by atoms with Gasteiger partial charge in [-0.3, -0.25) is 0 Å². The van der Waals surface area contributed by atoms with Crippen LogP contribution in [0.15, 0.2) is 30.5 Å². The van der Waals surface area contributed by atoms with Crippen LogP contribution in [0, 0.1) is 12.7 Å². The molecule has 0 fully saturated rings. The largest absolute Gasteiger partial charge is 0.388 e. The maximum Gasteiger partial charge on any atom is 0.229 e. The van der Waals surface area contributed by atoms with Crippen LogP contribution in [0.3, 0.4) is 0 Å². The van der Waals surface area contributed by atoms with Gasteiger partial charge in [-0.05, 0) is 42.7 Å². The van der Waals surface area contributed by atoms with E-state index in [0.29, 0.717) is 11.8 Å². The van der Waals surface area contributed by atoms with Crippen LogP contribution in [0.5, 0.6) is 0 Å². The normalized spacial score (nSPS) is 10.5. The van der Waals surface area contributed by atoms with Gasteiger partial charge in [0.15, 0.2) is 5.82 Å². The summed E-state index contributed by atoms with van der Waals surface area (Å²) >= 11 is 7.42. The van der Waals surface area contributed by atoms with E-state index >= 15 is 0 Å².